The second kappa shape index (κ2) is 21.4. The van der Waals surface area contributed by atoms with Crippen LogP contribution in [-0.2, 0) is 15.4 Å². The molecular weight excluding hydrogens is 562 g/mol. The molecule has 41 heavy (non-hydrogen) atoms. The van der Waals surface area contributed by atoms with Gasteiger partial charge in [-0.2, -0.15) is 0 Å². The van der Waals surface area contributed by atoms with Crippen molar-refractivity contribution < 1.29 is 60.0 Å². The normalized spacial score (nSPS) is 17.9. The summed E-state index contributed by atoms with van der Waals surface area (Å²) in [5.41, 5.74) is 1.08. The molecule has 1 aromatic rings. The van der Waals surface area contributed by atoms with Gasteiger partial charge in [0.1, 0.15) is 36.6 Å². The van der Waals surface area contributed by atoms with Crippen LogP contribution in [0.15, 0.2) is 30.3 Å². The lowest BCUT2D eigenvalue weighted by molar-refractivity contribution is -0.130. The Morgan fingerprint density at radius 2 is 1.20 bits per heavy atom. The number of aryl methyl sites for hydroxylation is 1. The van der Waals surface area contributed by atoms with Gasteiger partial charge in [0.05, 0.1) is 44.1 Å². The Kier molecular flexibility index (Phi) is 19.8. The van der Waals surface area contributed by atoms with Crippen LogP contribution < -0.4 is 0 Å². The van der Waals surface area contributed by atoms with Crippen LogP contribution in [0.3, 0.4) is 0 Å². The van der Waals surface area contributed by atoms with Crippen LogP contribution in [0.1, 0.15) is 37.7 Å². The van der Waals surface area contributed by atoms with Crippen LogP contribution in [0.5, 0.6) is 0 Å². The molecule has 0 unspecified atom stereocenters. The quantitative estimate of drug-likeness (QED) is 0.0458. The van der Waals surface area contributed by atoms with Crippen molar-refractivity contribution in [2.75, 3.05) is 39.5 Å². The molecule has 13 nitrogen and oxygen atoms in total. The molecule has 14 heteroatoms. The van der Waals surface area contributed by atoms with Crippen LogP contribution in [-0.4, -0.2) is 149 Å². The predicted molar refractivity (Wildman–Crippen MR) is 150 cm³/mol. The average Bonchev–Trinajstić information content (AvgIpc) is 2.98. The number of carbonyl (C=O) groups excluding carboxylic acids is 1. The second-order valence-electron chi connectivity index (χ2n) is 10.0. The van der Waals surface area contributed by atoms with Crippen LogP contribution in [0, 0.1) is 0 Å². The summed E-state index contributed by atoms with van der Waals surface area (Å²) in [6.45, 7) is -1.65. The molecule has 0 fully saturated rings. The van der Waals surface area contributed by atoms with E-state index in [0.29, 0.717) is 38.7 Å². The molecule has 0 saturated heterocycles. The Morgan fingerprint density at radius 1 is 0.707 bits per heavy atom. The number of unbranched alkanes of at least 4 members (excludes halogenated alkanes) is 3. The third-order valence-corrected chi connectivity index (χ3v) is 7.28. The van der Waals surface area contributed by atoms with E-state index in [2.05, 4.69) is 0 Å². The maximum atomic E-state index is 12.0. The lowest BCUT2D eigenvalue weighted by Crippen LogP contribution is -2.53. The van der Waals surface area contributed by atoms with Gasteiger partial charge in [0, 0.05) is 19.5 Å². The molecule has 0 aromatic heterocycles. The molecule has 0 bridgehead atoms. The van der Waals surface area contributed by atoms with Gasteiger partial charge < -0.3 is 55.2 Å². The highest BCUT2D eigenvalue weighted by atomic mass is 32.2. The van der Waals surface area contributed by atoms with Crippen LogP contribution in [0.2, 0.25) is 0 Å². The highest BCUT2D eigenvalue weighted by Crippen LogP contribution is 2.14. The third-order valence-electron chi connectivity index (χ3n) is 6.61. The minimum absolute atomic E-state index is 0.0563. The van der Waals surface area contributed by atoms with Crippen molar-refractivity contribution >= 4 is 17.2 Å². The standard InChI is InChI=1S/C27H47NO12S/c29-16-21(33)26(38)24(36)19(31)14-28(15-20(32)25(37)27(39)22(34)17-30)12-6-1-2-7-13-40-41-23(35)11-10-18-8-4-3-5-9-18/h3-5,8-9,19-22,24-27,29-34,36-39H,1-2,6-7,10-17H2/t19-,20-,21+,22+,24+,25+,26+,27+/m0/s1. The highest BCUT2D eigenvalue weighted by Gasteiger charge is 2.34. The lowest BCUT2D eigenvalue weighted by Gasteiger charge is -2.33. The summed E-state index contributed by atoms with van der Waals surface area (Å²) in [6, 6.07) is 9.68. The molecule has 0 aliphatic heterocycles. The van der Waals surface area contributed by atoms with Gasteiger partial charge >= 0.3 is 0 Å². The fourth-order valence-corrected chi connectivity index (χ4v) is 4.54. The second-order valence-corrected chi connectivity index (χ2v) is 10.9. The first kappa shape index (κ1) is 37.8. The molecule has 1 rings (SSSR count). The van der Waals surface area contributed by atoms with Crippen molar-refractivity contribution in [3.63, 3.8) is 0 Å². The SMILES string of the molecule is O=C(CCc1ccccc1)SOCCCCCCN(C[C@H](O)[C@@H](O)[C@H](O)[C@H](O)CO)C[C@H](O)[C@@H](O)[C@H](O)[C@H](O)CO. The summed E-state index contributed by atoms with van der Waals surface area (Å²) >= 11 is 0.837. The zero-order chi connectivity index (χ0) is 30.8. The maximum Gasteiger partial charge on any atom is 0.215 e. The summed E-state index contributed by atoms with van der Waals surface area (Å²) in [7, 11) is 0. The fourth-order valence-electron chi connectivity index (χ4n) is 4.02. The van der Waals surface area contributed by atoms with Crippen molar-refractivity contribution in [2.24, 2.45) is 0 Å². The van der Waals surface area contributed by atoms with E-state index in [4.69, 9.17) is 14.4 Å². The Balaban J connectivity index is 2.48. The number of hydrogen-bond acceptors (Lipinski definition) is 14. The Morgan fingerprint density at radius 3 is 1.71 bits per heavy atom. The van der Waals surface area contributed by atoms with E-state index in [9.17, 15) is 45.6 Å². The van der Waals surface area contributed by atoms with Gasteiger partial charge in [-0.25, -0.2) is 0 Å². The molecule has 0 saturated carbocycles. The Hall–Kier alpha value is -1.24. The topological polar surface area (TPSA) is 232 Å². The summed E-state index contributed by atoms with van der Waals surface area (Å²) in [5.74, 6) is 0. The van der Waals surface area contributed by atoms with Crippen molar-refractivity contribution in [3.05, 3.63) is 35.9 Å². The number of carbonyl (C=O) groups is 1. The fraction of sp³-hybridized carbons (Fsp3) is 0.741. The molecular formula is C27H47NO12S. The van der Waals surface area contributed by atoms with E-state index in [1.165, 1.54) is 4.90 Å². The average molecular weight is 610 g/mol. The molecule has 1 aromatic carbocycles. The number of rotatable bonds is 23. The molecule has 0 heterocycles. The van der Waals surface area contributed by atoms with Crippen molar-refractivity contribution in [1.82, 2.24) is 4.90 Å². The van der Waals surface area contributed by atoms with Crippen molar-refractivity contribution in [1.29, 1.82) is 0 Å². The smallest absolute Gasteiger partial charge is 0.215 e. The van der Waals surface area contributed by atoms with Crippen LogP contribution >= 0.6 is 12.0 Å². The summed E-state index contributed by atoms with van der Waals surface area (Å²) in [6.07, 6.45) is -10.2. The van der Waals surface area contributed by atoms with Gasteiger partial charge in [-0.15, -0.1) is 0 Å². The molecule has 0 radical (unpaired) electrons. The molecule has 0 spiro atoms. The summed E-state index contributed by atoms with van der Waals surface area (Å²) in [5, 5.41) is 97.8. The molecule has 10 N–H and O–H groups in total. The minimum atomic E-state index is -1.84. The molecule has 8 atom stereocenters. The monoisotopic (exact) mass is 609 g/mol. The van der Waals surface area contributed by atoms with E-state index >= 15 is 0 Å². The lowest BCUT2D eigenvalue weighted by atomic mass is 10.0. The Labute approximate surface area is 244 Å². The zero-order valence-electron chi connectivity index (χ0n) is 23.1. The zero-order valence-corrected chi connectivity index (χ0v) is 24.0. The number of aliphatic hydroxyl groups is 10. The highest BCUT2D eigenvalue weighted by molar-refractivity contribution is 8.09. The van der Waals surface area contributed by atoms with E-state index < -0.39 is 62.0 Å². The van der Waals surface area contributed by atoms with Gasteiger partial charge in [0.2, 0.25) is 5.12 Å². The van der Waals surface area contributed by atoms with Gasteiger partial charge in [0.25, 0.3) is 0 Å². The molecule has 0 aliphatic rings. The molecule has 0 amide bonds. The third kappa shape index (κ3) is 15.2. The summed E-state index contributed by atoms with van der Waals surface area (Å²) in [4.78, 5) is 13.4. The van der Waals surface area contributed by atoms with E-state index in [1.54, 1.807) is 0 Å². The number of nitrogens with zero attached hydrogens (tertiary/aromatic N) is 1. The number of aliphatic hydroxyl groups excluding tert-OH is 10. The van der Waals surface area contributed by atoms with E-state index in [-0.39, 0.29) is 24.7 Å². The first-order valence-corrected chi connectivity index (χ1v) is 14.5. The van der Waals surface area contributed by atoms with Crippen LogP contribution in [0.25, 0.3) is 0 Å². The molecule has 0 aliphatic carbocycles. The minimum Gasteiger partial charge on any atom is -0.394 e. The van der Waals surface area contributed by atoms with Crippen molar-refractivity contribution in [2.45, 2.75) is 87.4 Å². The van der Waals surface area contributed by atoms with Crippen LogP contribution in [0.4, 0.5) is 0 Å². The van der Waals surface area contributed by atoms with Gasteiger partial charge in [-0.3, -0.25) is 9.69 Å². The number of hydrogen-bond donors (Lipinski definition) is 10. The first-order valence-electron chi connectivity index (χ1n) is 13.8. The van der Waals surface area contributed by atoms with Gasteiger partial charge in [0.15, 0.2) is 0 Å². The predicted octanol–water partition coefficient (Wildman–Crippen LogP) is -2.46. The van der Waals surface area contributed by atoms with E-state index in [0.717, 1.165) is 24.0 Å². The van der Waals surface area contributed by atoms with Crippen molar-refractivity contribution in [3.8, 4) is 0 Å². The molecule has 238 valence electrons. The van der Waals surface area contributed by atoms with Gasteiger partial charge in [-0.1, -0.05) is 43.2 Å². The summed E-state index contributed by atoms with van der Waals surface area (Å²) < 4.78 is 5.38. The van der Waals surface area contributed by atoms with Gasteiger partial charge in [-0.05, 0) is 31.4 Å². The number of benzene rings is 1. The first-order chi connectivity index (χ1) is 19.5. The maximum absolute atomic E-state index is 12.0. The Bertz CT molecular complexity index is 780. The largest absolute Gasteiger partial charge is 0.394 e. The van der Waals surface area contributed by atoms with E-state index in [1.807, 2.05) is 30.3 Å².